The minimum Gasteiger partial charge on any atom is -0.378 e. The van der Waals surface area contributed by atoms with E-state index in [4.69, 9.17) is 10.1 Å². The highest BCUT2D eigenvalue weighted by Crippen LogP contribution is 2.16. The van der Waals surface area contributed by atoms with Gasteiger partial charge in [0.25, 0.3) is 5.91 Å². The quantitative estimate of drug-likeness (QED) is 0.791. The maximum atomic E-state index is 11.7. The molecule has 1 aromatic carbocycles. The van der Waals surface area contributed by atoms with Crippen molar-refractivity contribution in [2.24, 2.45) is 0 Å². The fourth-order valence-corrected chi connectivity index (χ4v) is 2.24. The van der Waals surface area contributed by atoms with Gasteiger partial charge in [0.05, 0.1) is 13.2 Å². The normalized spacial score (nSPS) is 15.0. The van der Waals surface area contributed by atoms with Gasteiger partial charge in [-0.2, -0.15) is 0 Å². The molecular weight excluding hydrogens is 278 g/mol. The van der Waals surface area contributed by atoms with Crippen LogP contribution in [0.25, 0.3) is 0 Å². The number of ether oxygens (including phenoxy) is 1. The number of carbonyl (C=O) groups is 1. The van der Waals surface area contributed by atoms with Crippen LogP contribution in [0.5, 0.6) is 0 Å². The molecule has 0 aliphatic carbocycles. The van der Waals surface area contributed by atoms with Crippen LogP contribution in [-0.2, 0) is 16.1 Å². The first-order valence-electron chi connectivity index (χ1n) is 7.65. The van der Waals surface area contributed by atoms with Crippen LogP contribution in [-0.4, -0.2) is 37.9 Å². The van der Waals surface area contributed by atoms with E-state index < -0.39 is 0 Å². The second kappa shape index (κ2) is 8.34. The third-order valence-corrected chi connectivity index (χ3v) is 3.53. The zero-order chi connectivity index (χ0) is 15.8. The maximum absolute atomic E-state index is 11.7. The van der Waals surface area contributed by atoms with E-state index in [1.807, 2.05) is 19.1 Å². The molecule has 2 rings (SSSR count). The van der Waals surface area contributed by atoms with Crippen molar-refractivity contribution in [1.82, 2.24) is 5.32 Å². The summed E-state index contributed by atoms with van der Waals surface area (Å²) in [5.74, 6) is -0.345. The average Bonchev–Trinajstić information content (AvgIpc) is 2.58. The van der Waals surface area contributed by atoms with E-state index in [9.17, 15) is 4.79 Å². The summed E-state index contributed by atoms with van der Waals surface area (Å²) in [7, 11) is 0. The number of hydrogen-bond acceptors (Lipinski definition) is 4. The highest BCUT2D eigenvalue weighted by atomic mass is 16.5. The predicted molar refractivity (Wildman–Crippen MR) is 88.5 cm³/mol. The van der Waals surface area contributed by atoms with Crippen molar-refractivity contribution in [2.45, 2.75) is 19.9 Å². The lowest BCUT2D eigenvalue weighted by atomic mass is 10.2. The lowest BCUT2D eigenvalue weighted by Gasteiger charge is -2.28. The van der Waals surface area contributed by atoms with Gasteiger partial charge < -0.3 is 15.0 Å². The molecule has 22 heavy (non-hydrogen) atoms. The van der Waals surface area contributed by atoms with Crippen molar-refractivity contribution in [3.05, 3.63) is 42.0 Å². The molecule has 1 amide bonds. The van der Waals surface area contributed by atoms with Crippen molar-refractivity contribution >= 4 is 17.3 Å². The molecule has 1 aliphatic heterocycles. The second-order valence-electron chi connectivity index (χ2n) is 5.17. The summed E-state index contributed by atoms with van der Waals surface area (Å²) in [6.07, 6.45) is 4.16. The SMILES string of the molecule is CCC=CC(=N)C(=O)NCc1ccc(N2CCOCC2)cc1. The number of rotatable bonds is 6. The van der Waals surface area contributed by atoms with Crippen molar-refractivity contribution in [3.8, 4) is 0 Å². The fourth-order valence-electron chi connectivity index (χ4n) is 2.24. The fraction of sp³-hybridized carbons (Fsp3) is 0.412. The summed E-state index contributed by atoms with van der Waals surface area (Å²) in [4.78, 5) is 14.0. The minimum atomic E-state index is -0.345. The third-order valence-electron chi connectivity index (χ3n) is 3.53. The number of anilines is 1. The van der Waals surface area contributed by atoms with Crippen LogP contribution >= 0.6 is 0 Å². The van der Waals surface area contributed by atoms with Gasteiger partial charge in [-0.05, 0) is 30.2 Å². The van der Waals surface area contributed by atoms with Gasteiger partial charge in [-0.25, -0.2) is 0 Å². The minimum absolute atomic E-state index is 0.00760. The molecule has 0 unspecified atom stereocenters. The topological polar surface area (TPSA) is 65.4 Å². The van der Waals surface area contributed by atoms with Gasteiger partial charge in [0.15, 0.2) is 0 Å². The largest absolute Gasteiger partial charge is 0.378 e. The van der Waals surface area contributed by atoms with Gasteiger partial charge in [-0.3, -0.25) is 10.2 Å². The first-order chi connectivity index (χ1) is 10.7. The Morgan fingerprint density at radius 3 is 2.64 bits per heavy atom. The first kappa shape index (κ1) is 16.2. The van der Waals surface area contributed by atoms with E-state index in [0.717, 1.165) is 38.3 Å². The van der Waals surface area contributed by atoms with Crippen molar-refractivity contribution < 1.29 is 9.53 Å². The van der Waals surface area contributed by atoms with Gasteiger partial charge in [0, 0.05) is 25.3 Å². The van der Waals surface area contributed by atoms with E-state index in [2.05, 4.69) is 22.3 Å². The van der Waals surface area contributed by atoms with E-state index >= 15 is 0 Å². The van der Waals surface area contributed by atoms with Crippen LogP contribution in [0.4, 0.5) is 5.69 Å². The molecule has 1 aromatic rings. The number of morpholine rings is 1. The number of amides is 1. The van der Waals surface area contributed by atoms with Crippen LogP contribution in [0.15, 0.2) is 36.4 Å². The molecule has 0 saturated carbocycles. The van der Waals surface area contributed by atoms with Crippen molar-refractivity contribution in [2.75, 3.05) is 31.2 Å². The average molecular weight is 301 g/mol. The Hall–Kier alpha value is -2.14. The molecule has 1 heterocycles. The van der Waals surface area contributed by atoms with Gasteiger partial charge in [0.1, 0.15) is 5.71 Å². The number of nitrogens with one attached hydrogen (secondary N) is 2. The lowest BCUT2D eigenvalue weighted by molar-refractivity contribution is -0.114. The molecule has 2 N–H and O–H groups in total. The Balaban J connectivity index is 1.84. The highest BCUT2D eigenvalue weighted by Gasteiger charge is 2.11. The molecule has 0 aromatic heterocycles. The lowest BCUT2D eigenvalue weighted by Crippen LogP contribution is -2.36. The molecule has 0 spiro atoms. The van der Waals surface area contributed by atoms with Crippen molar-refractivity contribution in [3.63, 3.8) is 0 Å². The Bertz CT molecular complexity index is 531. The monoisotopic (exact) mass is 301 g/mol. The van der Waals surface area contributed by atoms with E-state index in [0.29, 0.717) is 6.54 Å². The predicted octanol–water partition coefficient (Wildman–Crippen LogP) is 2.13. The summed E-state index contributed by atoms with van der Waals surface area (Å²) in [5.41, 5.74) is 2.20. The van der Waals surface area contributed by atoms with E-state index in [1.165, 1.54) is 11.8 Å². The molecule has 1 aliphatic rings. The van der Waals surface area contributed by atoms with Crippen LogP contribution in [0.2, 0.25) is 0 Å². The number of benzene rings is 1. The third kappa shape index (κ3) is 4.70. The summed E-state index contributed by atoms with van der Waals surface area (Å²) in [6, 6.07) is 8.15. The Labute approximate surface area is 131 Å². The molecule has 0 bridgehead atoms. The Kier molecular flexibility index (Phi) is 6.15. The Morgan fingerprint density at radius 1 is 1.32 bits per heavy atom. The zero-order valence-electron chi connectivity index (χ0n) is 13.0. The molecule has 118 valence electrons. The van der Waals surface area contributed by atoms with Crippen LogP contribution in [0.3, 0.4) is 0 Å². The second-order valence-corrected chi connectivity index (χ2v) is 5.17. The van der Waals surface area contributed by atoms with Crippen LogP contribution in [0, 0.1) is 5.41 Å². The van der Waals surface area contributed by atoms with Gasteiger partial charge >= 0.3 is 0 Å². The summed E-state index contributed by atoms with van der Waals surface area (Å²) in [6.45, 7) is 5.77. The smallest absolute Gasteiger partial charge is 0.269 e. The molecule has 1 fully saturated rings. The highest BCUT2D eigenvalue weighted by molar-refractivity contribution is 6.41. The standard InChI is InChI=1S/C17H23N3O2/c1-2-3-4-16(18)17(21)19-13-14-5-7-15(8-6-14)20-9-11-22-12-10-20/h3-8,18H,2,9-13H2,1H3,(H,19,21). The van der Waals surface area contributed by atoms with E-state index in [1.54, 1.807) is 6.08 Å². The zero-order valence-corrected chi connectivity index (χ0v) is 13.0. The van der Waals surface area contributed by atoms with Crippen molar-refractivity contribution in [1.29, 1.82) is 5.41 Å². The summed E-state index contributed by atoms with van der Waals surface area (Å²) >= 11 is 0. The maximum Gasteiger partial charge on any atom is 0.269 e. The first-order valence-corrected chi connectivity index (χ1v) is 7.65. The van der Waals surface area contributed by atoms with Gasteiger partial charge in [-0.1, -0.05) is 25.1 Å². The Morgan fingerprint density at radius 2 is 2.00 bits per heavy atom. The molecular formula is C17H23N3O2. The molecule has 0 atom stereocenters. The number of allylic oxidation sites excluding steroid dienone is 1. The summed E-state index contributed by atoms with van der Waals surface area (Å²) in [5, 5.41) is 10.4. The number of hydrogen-bond donors (Lipinski definition) is 2. The molecule has 1 saturated heterocycles. The summed E-state index contributed by atoms with van der Waals surface area (Å²) < 4.78 is 5.35. The molecule has 5 nitrogen and oxygen atoms in total. The van der Waals surface area contributed by atoms with Crippen LogP contribution in [0.1, 0.15) is 18.9 Å². The van der Waals surface area contributed by atoms with Crippen LogP contribution < -0.4 is 10.2 Å². The molecule has 0 radical (unpaired) electrons. The van der Waals surface area contributed by atoms with Gasteiger partial charge in [-0.15, -0.1) is 0 Å². The number of nitrogens with zero attached hydrogens (tertiary/aromatic N) is 1. The molecule has 5 heteroatoms. The number of carbonyl (C=O) groups excluding carboxylic acids is 1. The van der Waals surface area contributed by atoms with Gasteiger partial charge in [0.2, 0.25) is 0 Å². The van der Waals surface area contributed by atoms with E-state index in [-0.39, 0.29) is 11.6 Å².